The molecule has 27 heavy (non-hydrogen) atoms. The number of hydrogen-bond donors (Lipinski definition) is 2. The van der Waals surface area contributed by atoms with Crippen molar-refractivity contribution in [1.29, 1.82) is 0 Å². The number of nitrogens with zero attached hydrogens (tertiary/aromatic N) is 2. The summed E-state index contributed by atoms with van der Waals surface area (Å²) in [5.41, 5.74) is 4.49. The lowest BCUT2D eigenvalue weighted by Gasteiger charge is -2.09. The SMILES string of the molecule is Cc1c(OC(=O)OC(C)C)ncc2[nH]c3ccc4nc(C(C)C)[nH]c4c3c12. The molecule has 0 radical (unpaired) electrons. The van der Waals surface area contributed by atoms with Crippen LogP contribution in [-0.4, -0.2) is 32.2 Å². The van der Waals surface area contributed by atoms with Gasteiger partial charge in [0.25, 0.3) is 0 Å². The summed E-state index contributed by atoms with van der Waals surface area (Å²) in [6.07, 6.45) is 0.661. The molecule has 0 aliphatic rings. The summed E-state index contributed by atoms with van der Waals surface area (Å²) in [4.78, 5) is 27.7. The second-order valence-corrected chi connectivity index (χ2v) is 7.28. The predicted octanol–water partition coefficient (Wildman–Crippen LogP) is 4.95. The van der Waals surface area contributed by atoms with E-state index in [1.54, 1.807) is 20.0 Å². The van der Waals surface area contributed by atoms with Gasteiger partial charge in [-0.2, -0.15) is 0 Å². The normalized spacial score (nSPS) is 12.0. The molecular weight excluding hydrogens is 344 g/mol. The molecule has 140 valence electrons. The lowest BCUT2D eigenvalue weighted by molar-refractivity contribution is 0.0714. The molecule has 3 aromatic heterocycles. The highest BCUT2D eigenvalue weighted by atomic mass is 16.7. The smallest absolute Gasteiger partial charge is 0.431 e. The number of aromatic amines is 2. The molecule has 7 nitrogen and oxygen atoms in total. The van der Waals surface area contributed by atoms with Crippen molar-refractivity contribution >= 4 is 39.0 Å². The van der Waals surface area contributed by atoms with Crippen molar-refractivity contribution in [2.75, 3.05) is 0 Å². The zero-order chi connectivity index (χ0) is 19.3. The Hall–Kier alpha value is -3.09. The van der Waals surface area contributed by atoms with Gasteiger partial charge in [-0.1, -0.05) is 13.8 Å². The summed E-state index contributed by atoms with van der Waals surface area (Å²) in [5.74, 6) is 1.48. The first-order valence-corrected chi connectivity index (χ1v) is 9.03. The lowest BCUT2D eigenvalue weighted by Crippen LogP contribution is -2.16. The molecule has 2 N–H and O–H groups in total. The molecule has 0 saturated carbocycles. The number of ether oxygens (including phenoxy) is 2. The van der Waals surface area contributed by atoms with Gasteiger partial charge in [-0.15, -0.1) is 0 Å². The van der Waals surface area contributed by atoms with E-state index >= 15 is 0 Å². The van der Waals surface area contributed by atoms with Crippen LogP contribution in [0, 0.1) is 6.92 Å². The highest BCUT2D eigenvalue weighted by Gasteiger charge is 2.19. The molecule has 0 bridgehead atoms. The number of carbonyl (C=O) groups excluding carboxylic acids is 1. The lowest BCUT2D eigenvalue weighted by atomic mass is 10.1. The quantitative estimate of drug-likeness (QED) is 0.501. The van der Waals surface area contributed by atoms with Crippen molar-refractivity contribution in [3.8, 4) is 5.88 Å². The van der Waals surface area contributed by atoms with Gasteiger partial charge >= 0.3 is 6.16 Å². The molecule has 0 amide bonds. The summed E-state index contributed by atoms with van der Waals surface area (Å²) < 4.78 is 10.4. The van der Waals surface area contributed by atoms with Crippen LogP contribution in [0.4, 0.5) is 4.79 Å². The van der Waals surface area contributed by atoms with Crippen LogP contribution in [0.2, 0.25) is 0 Å². The van der Waals surface area contributed by atoms with Crippen molar-refractivity contribution in [1.82, 2.24) is 19.9 Å². The summed E-state index contributed by atoms with van der Waals surface area (Å²) in [5, 5.41) is 1.97. The van der Waals surface area contributed by atoms with E-state index in [0.717, 1.165) is 44.2 Å². The number of hydrogen-bond acceptors (Lipinski definition) is 5. The molecule has 0 aliphatic heterocycles. The maximum absolute atomic E-state index is 11.9. The Morgan fingerprint density at radius 2 is 1.85 bits per heavy atom. The third-order valence-electron chi connectivity index (χ3n) is 4.53. The minimum absolute atomic E-state index is 0.245. The number of imidazole rings is 1. The third-order valence-corrected chi connectivity index (χ3v) is 4.53. The van der Waals surface area contributed by atoms with E-state index in [9.17, 15) is 4.79 Å². The Morgan fingerprint density at radius 3 is 2.56 bits per heavy atom. The van der Waals surface area contributed by atoms with Crippen LogP contribution < -0.4 is 4.74 Å². The van der Waals surface area contributed by atoms with Gasteiger partial charge in [-0.05, 0) is 32.9 Å². The summed E-state index contributed by atoms with van der Waals surface area (Å²) in [7, 11) is 0. The van der Waals surface area contributed by atoms with Crippen molar-refractivity contribution in [3.63, 3.8) is 0 Å². The van der Waals surface area contributed by atoms with Crippen molar-refractivity contribution in [2.45, 2.75) is 46.6 Å². The number of nitrogens with one attached hydrogen (secondary N) is 2. The molecular formula is C20H22N4O3. The highest BCUT2D eigenvalue weighted by molar-refractivity contribution is 6.19. The van der Waals surface area contributed by atoms with E-state index in [1.807, 2.05) is 19.1 Å². The van der Waals surface area contributed by atoms with Crippen molar-refractivity contribution < 1.29 is 14.3 Å². The molecule has 0 aliphatic carbocycles. The maximum atomic E-state index is 11.9. The van der Waals surface area contributed by atoms with E-state index < -0.39 is 6.16 Å². The second kappa shape index (κ2) is 6.26. The van der Waals surface area contributed by atoms with E-state index in [0.29, 0.717) is 5.92 Å². The first-order chi connectivity index (χ1) is 12.8. The van der Waals surface area contributed by atoms with Gasteiger partial charge in [0.05, 0.1) is 28.9 Å². The van der Waals surface area contributed by atoms with Crippen molar-refractivity contribution in [2.24, 2.45) is 0 Å². The van der Waals surface area contributed by atoms with Crippen LogP contribution in [0.5, 0.6) is 5.88 Å². The van der Waals surface area contributed by atoms with Gasteiger partial charge < -0.3 is 19.4 Å². The molecule has 3 heterocycles. The maximum Gasteiger partial charge on any atom is 0.515 e. The van der Waals surface area contributed by atoms with Crippen LogP contribution >= 0.6 is 0 Å². The Balaban J connectivity index is 1.93. The second-order valence-electron chi connectivity index (χ2n) is 7.28. The first-order valence-electron chi connectivity index (χ1n) is 9.03. The molecule has 0 saturated heterocycles. The molecule has 0 atom stereocenters. The minimum atomic E-state index is -0.756. The van der Waals surface area contributed by atoms with Crippen LogP contribution in [0.3, 0.4) is 0 Å². The van der Waals surface area contributed by atoms with Gasteiger partial charge in [0.15, 0.2) is 0 Å². The average Bonchev–Trinajstić information content (AvgIpc) is 3.17. The Labute approximate surface area is 156 Å². The molecule has 4 aromatic rings. The fourth-order valence-electron chi connectivity index (χ4n) is 3.29. The number of fused-ring (bicyclic) bond motifs is 5. The molecule has 0 unspecified atom stereocenters. The molecule has 0 fully saturated rings. The van der Waals surface area contributed by atoms with Gasteiger partial charge in [0, 0.05) is 27.8 Å². The van der Waals surface area contributed by atoms with Crippen LogP contribution in [0.15, 0.2) is 18.3 Å². The number of pyridine rings is 1. The van der Waals surface area contributed by atoms with Gasteiger partial charge in [-0.3, -0.25) is 0 Å². The fourth-order valence-corrected chi connectivity index (χ4v) is 3.29. The summed E-state index contributed by atoms with van der Waals surface area (Å²) in [6.45, 7) is 9.63. The first kappa shape index (κ1) is 17.3. The van der Waals surface area contributed by atoms with Gasteiger partial charge in [0.1, 0.15) is 5.82 Å². The van der Waals surface area contributed by atoms with E-state index in [4.69, 9.17) is 14.5 Å². The standard InChI is InChI=1S/C20H22N4O3/c1-9(2)18-23-13-7-6-12-16(17(13)24-18)15-11(5)19(21-8-14(15)22-12)27-20(25)26-10(3)4/h6-10,22H,1-5H3,(H,23,24). The Morgan fingerprint density at radius 1 is 1.07 bits per heavy atom. The highest BCUT2D eigenvalue weighted by Crippen LogP contribution is 2.36. The van der Waals surface area contributed by atoms with Gasteiger partial charge in [-0.25, -0.2) is 14.8 Å². The molecule has 4 rings (SSSR count). The molecule has 7 heteroatoms. The van der Waals surface area contributed by atoms with E-state index in [2.05, 4.69) is 28.8 Å². The predicted molar refractivity (Wildman–Crippen MR) is 104 cm³/mol. The largest absolute Gasteiger partial charge is 0.515 e. The fraction of sp³-hybridized carbons (Fsp3) is 0.350. The van der Waals surface area contributed by atoms with E-state index in [1.165, 1.54) is 0 Å². The Kier molecular flexibility index (Phi) is 4.02. The van der Waals surface area contributed by atoms with Crippen LogP contribution in [-0.2, 0) is 4.74 Å². The molecule has 1 aromatic carbocycles. The zero-order valence-electron chi connectivity index (χ0n) is 16.0. The number of benzene rings is 1. The number of carbonyl (C=O) groups is 1. The average molecular weight is 366 g/mol. The summed E-state index contributed by atoms with van der Waals surface area (Å²) >= 11 is 0. The van der Waals surface area contributed by atoms with Crippen LogP contribution in [0.1, 0.15) is 45.0 Å². The zero-order valence-corrected chi connectivity index (χ0v) is 16.0. The molecule has 0 spiro atoms. The number of H-pyrrole nitrogens is 2. The van der Waals surface area contributed by atoms with E-state index in [-0.39, 0.29) is 12.0 Å². The third kappa shape index (κ3) is 2.89. The summed E-state index contributed by atoms with van der Waals surface area (Å²) in [6, 6.07) is 4.01. The monoisotopic (exact) mass is 366 g/mol. The number of aromatic nitrogens is 4. The number of rotatable bonds is 3. The van der Waals surface area contributed by atoms with Gasteiger partial charge in [0.2, 0.25) is 5.88 Å². The number of aryl methyl sites for hydroxylation is 1. The topological polar surface area (TPSA) is 92.9 Å². The Bertz CT molecular complexity index is 1170. The minimum Gasteiger partial charge on any atom is -0.431 e. The van der Waals surface area contributed by atoms with Crippen LogP contribution in [0.25, 0.3) is 32.8 Å². The van der Waals surface area contributed by atoms with Crippen molar-refractivity contribution in [3.05, 3.63) is 29.7 Å².